The van der Waals surface area contributed by atoms with Crippen molar-refractivity contribution in [3.8, 4) is 5.75 Å². The van der Waals surface area contributed by atoms with Gasteiger partial charge in [-0.1, -0.05) is 13.0 Å². The third kappa shape index (κ3) is 4.21. The van der Waals surface area contributed by atoms with E-state index >= 15 is 0 Å². The van der Waals surface area contributed by atoms with Gasteiger partial charge in [0, 0.05) is 18.3 Å². The van der Waals surface area contributed by atoms with E-state index in [1.165, 1.54) is 0 Å². The Hall–Kier alpha value is -1.22. The fourth-order valence-electron chi connectivity index (χ4n) is 1.31. The normalized spacial score (nSPS) is 12.2. The number of nitrogens with one attached hydrogen (secondary N) is 1. The molecule has 1 unspecified atom stereocenters. The first-order valence-corrected chi connectivity index (χ1v) is 5.34. The topological polar surface area (TPSA) is 47.3 Å². The van der Waals surface area contributed by atoms with E-state index in [0.29, 0.717) is 5.92 Å². The summed E-state index contributed by atoms with van der Waals surface area (Å²) in [6.45, 7) is 3.86. The van der Waals surface area contributed by atoms with Crippen molar-refractivity contribution in [2.75, 3.05) is 25.5 Å². The van der Waals surface area contributed by atoms with Gasteiger partial charge < -0.3 is 15.8 Å². The Bertz CT molecular complexity index is 289. The van der Waals surface area contributed by atoms with E-state index in [-0.39, 0.29) is 0 Å². The number of rotatable bonds is 6. The van der Waals surface area contributed by atoms with Gasteiger partial charge in [0.25, 0.3) is 0 Å². The van der Waals surface area contributed by atoms with E-state index in [9.17, 15) is 0 Å². The Labute approximate surface area is 91.6 Å². The van der Waals surface area contributed by atoms with Gasteiger partial charge in [0.2, 0.25) is 0 Å². The van der Waals surface area contributed by atoms with E-state index in [1.54, 1.807) is 7.11 Å². The minimum Gasteiger partial charge on any atom is -0.497 e. The zero-order chi connectivity index (χ0) is 11.1. The monoisotopic (exact) mass is 208 g/mol. The Morgan fingerprint density at radius 1 is 1.47 bits per heavy atom. The smallest absolute Gasteiger partial charge is 0.120 e. The Balaban J connectivity index is 2.37. The molecule has 15 heavy (non-hydrogen) atoms. The lowest BCUT2D eigenvalue weighted by molar-refractivity contribution is 0.415. The first kappa shape index (κ1) is 11.9. The summed E-state index contributed by atoms with van der Waals surface area (Å²) >= 11 is 0. The first-order chi connectivity index (χ1) is 7.26. The molecule has 0 amide bonds. The van der Waals surface area contributed by atoms with Gasteiger partial charge in [-0.15, -0.1) is 0 Å². The van der Waals surface area contributed by atoms with Gasteiger partial charge in [0.1, 0.15) is 5.75 Å². The van der Waals surface area contributed by atoms with Crippen LogP contribution in [-0.4, -0.2) is 20.2 Å². The SMILES string of the molecule is COc1cccc(NCCC(C)CN)c1. The fourth-order valence-corrected chi connectivity index (χ4v) is 1.31. The molecule has 0 saturated carbocycles. The molecule has 0 heterocycles. The summed E-state index contributed by atoms with van der Waals surface area (Å²) in [5, 5.41) is 3.35. The standard InChI is InChI=1S/C12H20N2O/c1-10(9-13)6-7-14-11-4-3-5-12(8-11)15-2/h3-5,8,10,14H,6-7,9,13H2,1-2H3. The third-order valence-electron chi connectivity index (χ3n) is 2.44. The summed E-state index contributed by atoms with van der Waals surface area (Å²) in [5.74, 6) is 1.45. The van der Waals surface area contributed by atoms with Crippen LogP contribution < -0.4 is 15.8 Å². The molecule has 1 atom stereocenters. The zero-order valence-corrected chi connectivity index (χ0v) is 9.49. The molecule has 3 heteroatoms. The quantitative estimate of drug-likeness (QED) is 0.752. The number of ether oxygens (including phenoxy) is 1. The van der Waals surface area contributed by atoms with Crippen LogP contribution in [0.15, 0.2) is 24.3 Å². The second kappa shape index (κ2) is 6.30. The summed E-state index contributed by atoms with van der Waals surface area (Å²) in [5.41, 5.74) is 6.65. The Kier molecular flexibility index (Phi) is 4.98. The van der Waals surface area contributed by atoms with Gasteiger partial charge in [-0.2, -0.15) is 0 Å². The highest BCUT2D eigenvalue weighted by molar-refractivity contribution is 5.47. The number of nitrogens with two attached hydrogens (primary N) is 1. The van der Waals surface area contributed by atoms with Gasteiger partial charge in [-0.25, -0.2) is 0 Å². The van der Waals surface area contributed by atoms with Gasteiger partial charge in [-0.05, 0) is 31.0 Å². The Morgan fingerprint density at radius 2 is 2.27 bits per heavy atom. The van der Waals surface area contributed by atoms with Crippen LogP contribution in [0.25, 0.3) is 0 Å². The first-order valence-electron chi connectivity index (χ1n) is 5.34. The van der Waals surface area contributed by atoms with Gasteiger partial charge in [0.15, 0.2) is 0 Å². The molecule has 0 bridgehead atoms. The number of benzene rings is 1. The number of hydrogen-bond donors (Lipinski definition) is 2. The van der Waals surface area contributed by atoms with Crippen molar-refractivity contribution < 1.29 is 4.74 Å². The Morgan fingerprint density at radius 3 is 2.93 bits per heavy atom. The minimum atomic E-state index is 0.572. The summed E-state index contributed by atoms with van der Waals surface area (Å²) in [4.78, 5) is 0. The molecule has 1 aromatic carbocycles. The number of anilines is 1. The second-order valence-electron chi connectivity index (χ2n) is 3.79. The molecule has 0 saturated heterocycles. The van der Waals surface area contributed by atoms with Gasteiger partial charge >= 0.3 is 0 Å². The molecule has 1 aromatic rings. The average Bonchev–Trinajstić information content (AvgIpc) is 2.29. The predicted molar refractivity (Wildman–Crippen MR) is 64.3 cm³/mol. The molecule has 0 radical (unpaired) electrons. The number of methoxy groups -OCH3 is 1. The van der Waals surface area contributed by atoms with Crippen molar-refractivity contribution in [2.45, 2.75) is 13.3 Å². The highest BCUT2D eigenvalue weighted by Gasteiger charge is 1.99. The van der Waals surface area contributed by atoms with Crippen LogP contribution in [0.2, 0.25) is 0 Å². The molecule has 84 valence electrons. The van der Waals surface area contributed by atoms with Gasteiger partial charge in [0.05, 0.1) is 7.11 Å². The maximum atomic E-state index is 5.55. The molecule has 0 aromatic heterocycles. The van der Waals surface area contributed by atoms with Gasteiger partial charge in [-0.3, -0.25) is 0 Å². The van der Waals surface area contributed by atoms with Crippen LogP contribution in [-0.2, 0) is 0 Å². The van der Waals surface area contributed by atoms with Crippen LogP contribution in [0.1, 0.15) is 13.3 Å². The van der Waals surface area contributed by atoms with Crippen LogP contribution >= 0.6 is 0 Å². The summed E-state index contributed by atoms with van der Waals surface area (Å²) in [6, 6.07) is 7.95. The predicted octanol–water partition coefficient (Wildman–Crippen LogP) is 2.09. The summed E-state index contributed by atoms with van der Waals surface area (Å²) in [7, 11) is 1.68. The molecule has 0 fully saturated rings. The largest absolute Gasteiger partial charge is 0.497 e. The van der Waals surface area contributed by atoms with Crippen LogP contribution in [0.5, 0.6) is 5.75 Å². The minimum absolute atomic E-state index is 0.572. The van der Waals surface area contributed by atoms with E-state index in [2.05, 4.69) is 12.2 Å². The maximum absolute atomic E-state index is 5.55. The average molecular weight is 208 g/mol. The molecule has 1 rings (SSSR count). The van der Waals surface area contributed by atoms with E-state index < -0.39 is 0 Å². The highest BCUT2D eigenvalue weighted by atomic mass is 16.5. The van der Waals surface area contributed by atoms with E-state index in [4.69, 9.17) is 10.5 Å². The molecule has 3 nitrogen and oxygen atoms in total. The van der Waals surface area contributed by atoms with Crippen LogP contribution in [0.3, 0.4) is 0 Å². The van der Waals surface area contributed by atoms with E-state index in [0.717, 1.165) is 30.9 Å². The third-order valence-corrected chi connectivity index (χ3v) is 2.44. The summed E-state index contributed by atoms with van der Waals surface area (Å²) < 4.78 is 5.14. The molecule has 0 spiro atoms. The molecular formula is C12H20N2O. The van der Waals surface area contributed by atoms with Crippen molar-refractivity contribution >= 4 is 5.69 Å². The fraction of sp³-hybridized carbons (Fsp3) is 0.500. The second-order valence-corrected chi connectivity index (χ2v) is 3.79. The molecule has 0 aliphatic rings. The van der Waals surface area contributed by atoms with Crippen LogP contribution in [0.4, 0.5) is 5.69 Å². The molecule has 0 aliphatic heterocycles. The number of hydrogen-bond acceptors (Lipinski definition) is 3. The molecule has 3 N–H and O–H groups in total. The van der Waals surface area contributed by atoms with Crippen molar-refractivity contribution in [3.05, 3.63) is 24.3 Å². The zero-order valence-electron chi connectivity index (χ0n) is 9.49. The van der Waals surface area contributed by atoms with Crippen molar-refractivity contribution in [1.82, 2.24) is 0 Å². The molecule has 0 aliphatic carbocycles. The van der Waals surface area contributed by atoms with Crippen molar-refractivity contribution in [3.63, 3.8) is 0 Å². The lowest BCUT2D eigenvalue weighted by atomic mass is 10.1. The lowest BCUT2D eigenvalue weighted by Crippen LogP contribution is -2.14. The summed E-state index contributed by atoms with van der Waals surface area (Å²) in [6.07, 6.45) is 1.09. The maximum Gasteiger partial charge on any atom is 0.120 e. The van der Waals surface area contributed by atoms with Crippen molar-refractivity contribution in [1.29, 1.82) is 0 Å². The molecular weight excluding hydrogens is 188 g/mol. The lowest BCUT2D eigenvalue weighted by Gasteiger charge is -2.10. The highest BCUT2D eigenvalue weighted by Crippen LogP contribution is 2.16. The van der Waals surface area contributed by atoms with Crippen molar-refractivity contribution in [2.24, 2.45) is 11.7 Å². The van der Waals surface area contributed by atoms with E-state index in [1.807, 2.05) is 24.3 Å². The van der Waals surface area contributed by atoms with Crippen LogP contribution in [0, 0.1) is 5.92 Å².